The van der Waals surface area contributed by atoms with Crippen LogP contribution >= 0.6 is 27.5 Å². The van der Waals surface area contributed by atoms with Gasteiger partial charge in [-0.2, -0.15) is 0 Å². The second-order valence-corrected chi connectivity index (χ2v) is 5.60. The fraction of sp³-hybridized carbons (Fsp3) is 0.200. The Kier molecular flexibility index (Phi) is 4.72. The number of hydrogen-bond donors (Lipinski definition) is 1. The molecule has 2 aromatic carbocycles. The van der Waals surface area contributed by atoms with Crippen molar-refractivity contribution in [3.63, 3.8) is 0 Å². The first-order chi connectivity index (χ1) is 9.10. The number of methoxy groups -OCH3 is 1. The van der Waals surface area contributed by atoms with Crippen molar-refractivity contribution in [1.29, 1.82) is 0 Å². The van der Waals surface area contributed by atoms with Crippen molar-refractivity contribution < 1.29 is 4.74 Å². The zero-order valence-corrected chi connectivity index (χ0v) is 13.2. The molecular formula is C15H15BrClNO. The minimum Gasteiger partial charge on any atom is -0.496 e. The molecule has 0 aliphatic rings. The Labute approximate surface area is 126 Å². The Morgan fingerprint density at radius 3 is 2.63 bits per heavy atom. The Morgan fingerprint density at radius 2 is 2.00 bits per heavy atom. The van der Waals surface area contributed by atoms with Gasteiger partial charge >= 0.3 is 0 Å². The Hall–Kier alpha value is -1.19. The molecule has 0 radical (unpaired) electrons. The molecule has 4 heteroatoms. The average molecular weight is 341 g/mol. The highest BCUT2D eigenvalue weighted by Gasteiger charge is 2.03. The normalized spacial score (nSPS) is 10.3. The van der Waals surface area contributed by atoms with Crippen molar-refractivity contribution in [3.8, 4) is 5.75 Å². The molecule has 0 aliphatic heterocycles. The van der Waals surface area contributed by atoms with E-state index in [0.29, 0.717) is 6.54 Å². The first kappa shape index (κ1) is 14.2. The number of aryl methyl sites for hydroxylation is 1. The third-order valence-corrected chi connectivity index (χ3v) is 3.74. The molecule has 0 fully saturated rings. The molecule has 0 saturated heterocycles. The van der Waals surface area contributed by atoms with E-state index in [2.05, 4.69) is 27.3 Å². The SMILES string of the molecule is COc1ccc(NCc2ccc(Br)cc2Cl)cc1C. The summed E-state index contributed by atoms with van der Waals surface area (Å²) in [7, 11) is 1.68. The van der Waals surface area contributed by atoms with Crippen LogP contribution < -0.4 is 10.1 Å². The van der Waals surface area contributed by atoms with Crippen molar-refractivity contribution in [1.82, 2.24) is 0 Å². The third-order valence-electron chi connectivity index (χ3n) is 2.89. The summed E-state index contributed by atoms with van der Waals surface area (Å²) < 4.78 is 6.23. The third kappa shape index (κ3) is 3.64. The summed E-state index contributed by atoms with van der Waals surface area (Å²) >= 11 is 9.58. The van der Waals surface area contributed by atoms with Crippen LogP contribution in [0.5, 0.6) is 5.75 Å². The van der Waals surface area contributed by atoms with Gasteiger partial charge in [-0.15, -0.1) is 0 Å². The summed E-state index contributed by atoms with van der Waals surface area (Å²) in [5.41, 5.74) is 3.23. The smallest absolute Gasteiger partial charge is 0.121 e. The largest absolute Gasteiger partial charge is 0.496 e. The Bertz CT molecular complexity index is 586. The lowest BCUT2D eigenvalue weighted by molar-refractivity contribution is 0.412. The molecule has 2 nitrogen and oxygen atoms in total. The molecule has 0 bridgehead atoms. The molecule has 2 rings (SSSR count). The van der Waals surface area contributed by atoms with E-state index in [4.69, 9.17) is 16.3 Å². The minimum absolute atomic E-state index is 0.692. The second-order valence-electron chi connectivity index (χ2n) is 4.27. The number of nitrogens with one attached hydrogen (secondary N) is 1. The molecule has 2 aromatic rings. The number of hydrogen-bond acceptors (Lipinski definition) is 2. The van der Waals surface area contributed by atoms with Gasteiger partial charge in [-0.05, 0) is 48.4 Å². The molecular weight excluding hydrogens is 326 g/mol. The Morgan fingerprint density at radius 1 is 1.21 bits per heavy atom. The monoisotopic (exact) mass is 339 g/mol. The molecule has 0 unspecified atom stereocenters. The molecule has 0 spiro atoms. The summed E-state index contributed by atoms with van der Waals surface area (Å²) in [6.07, 6.45) is 0. The molecule has 0 atom stereocenters. The van der Waals surface area contributed by atoms with Gasteiger partial charge in [0.1, 0.15) is 5.75 Å². The van der Waals surface area contributed by atoms with Gasteiger partial charge in [0.15, 0.2) is 0 Å². The average Bonchev–Trinajstić information content (AvgIpc) is 2.38. The molecule has 0 amide bonds. The van der Waals surface area contributed by atoms with Gasteiger partial charge < -0.3 is 10.1 Å². The second kappa shape index (κ2) is 6.31. The van der Waals surface area contributed by atoms with Crippen LogP contribution in [0.15, 0.2) is 40.9 Å². The number of rotatable bonds is 4. The molecule has 1 N–H and O–H groups in total. The number of ether oxygens (including phenoxy) is 1. The number of halogens is 2. The zero-order chi connectivity index (χ0) is 13.8. The van der Waals surface area contributed by atoms with E-state index in [0.717, 1.165) is 32.1 Å². The maximum atomic E-state index is 6.18. The maximum absolute atomic E-state index is 6.18. The van der Waals surface area contributed by atoms with Crippen molar-refractivity contribution >= 4 is 33.2 Å². The van der Waals surface area contributed by atoms with E-state index < -0.39 is 0 Å². The summed E-state index contributed by atoms with van der Waals surface area (Å²) in [5.74, 6) is 0.896. The van der Waals surface area contributed by atoms with E-state index in [1.807, 2.05) is 37.3 Å². The molecule has 0 aliphatic carbocycles. The topological polar surface area (TPSA) is 21.3 Å². The lowest BCUT2D eigenvalue weighted by atomic mass is 10.2. The first-order valence-electron chi connectivity index (χ1n) is 5.92. The molecule has 19 heavy (non-hydrogen) atoms. The van der Waals surface area contributed by atoms with Crippen molar-refractivity contribution in [3.05, 3.63) is 57.0 Å². The van der Waals surface area contributed by atoms with E-state index in [-0.39, 0.29) is 0 Å². The summed E-state index contributed by atoms with van der Waals surface area (Å²) in [6, 6.07) is 11.9. The van der Waals surface area contributed by atoms with Gasteiger partial charge in [0.25, 0.3) is 0 Å². The number of anilines is 1. The maximum Gasteiger partial charge on any atom is 0.121 e. The quantitative estimate of drug-likeness (QED) is 0.842. The van der Waals surface area contributed by atoms with E-state index in [1.54, 1.807) is 7.11 Å². The van der Waals surface area contributed by atoms with Crippen LogP contribution in [0.4, 0.5) is 5.69 Å². The molecule has 0 saturated carbocycles. The Balaban J connectivity index is 2.08. The van der Waals surface area contributed by atoms with Crippen molar-refractivity contribution in [2.75, 3.05) is 12.4 Å². The van der Waals surface area contributed by atoms with Crippen LogP contribution in [0.3, 0.4) is 0 Å². The lowest BCUT2D eigenvalue weighted by Crippen LogP contribution is -2.00. The lowest BCUT2D eigenvalue weighted by Gasteiger charge is -2.11. The van der Waals surface area contributed by atoms with Crippen molar-refractivity contribution in [2.24, 2.45) is 0 Å². The van der Waals surface area contributed by atoms with Crippen LogP contribution in [0.2, 0.25) is 5.02 Å². The predicted molar refractivity (Wildman–Crippen MR) is 84.2 cm³/mol. The fourth-order valence-corrected chi connectivity index (χ4v) is 2.59. The van der Waals surface area contributed by atoms with Gasteiger partial charge in [-0.1, -0.05) is 33.6 Å². The van der Waals surface area contributed by atoms with Gasteiger partial charge in [0.2, 0.25) is 0 Å². The van der Waals surface area contributed by atoms with Crippen LogP contribution in [-0.4, -0.2) is 7.11 Å². The highest BCUT2D eigenvalue weighted by Crippen LogP contribution is 2.24. The summed E-state index contributed by atoms with van der Waals surface area (Å²) in [5, 5.41) is 4.11. The van der Waals surface area contributed by atoms with E-state index in [9.17, 15) is 0 Å². The first-order valence-corrected chi connectivity index (χ1v) is 7.09. The van der Waals surface area contributed by atoms with Gasteiger partial charge in [-0.25, -0.2) is 0 Å². The van der Waals surface area contributed by atoms with Crippen LogP contribution in [0.25, 0.3) is 0 Å². The zero-order valence-electron chi connectivity index (χ0n) is 10.8. The number of benzene rings is 2. The van der Waals surface area contributed by atoms with Crippen LogP contribution in [0.1, 0.15) is 11.1 Å². The molecule has 0 aromatic heterocycles. The standard InChI is InChI=1S/C15H15BrClNO/c1-10-7-13(5-6-15(10)19-2)18-9-11-3-4-12(16)8-14(11)17/h3-8,18H,9H2,1-2H3. The summed E-state index contributed by atoms with van der Waals surface area (Å²) in [4.78, 5) is 0. The van der Waals surface area contributed by atoms with Gasteiger partial charge in [0, 0.05) is 21.7 Å². The molecule has 0 heterocycles. The fourth-order valence-electron chi connectivity index (χ4n) is 1.85. The predicted octanol–water partition coefficient (Wildman–Crippen LogP) is 5.03. The van der Waals surface area contributed by atoms with Gasteiger partial charge in [-0.3, -0.25) is 0 Å². The van der Waals surface area contributed by atoms with Crippen LogP contribution in [-0.2, 0) is 6.54 Å². The van der Waals surface area contributed by atoms with E-state index in [1.165, 1.54) is 0 Å². The summed E-state index contributed by atoms with van der Waals surface area (Å²) in [6.45, 7) is 2.72. The van der Waals surface area contributed by atoms with Crippen molar-refractivity contribution in [2.45, 2.75) is 13.5 Å². The van der Waals surface area contributed by atoms with Gasteiger partial charge in [0.05, 0.1) is 7.11 Å². The van der Waals surface area contributed by atoms with E-state index >= 15 is 0 Å². The highest BCUT2D eigenvalue weighted by molar-refractivity contribution is 9.10. The highest BCUT2D eigenvalue weighted by atomic mass is 79.9. The molecule has 100 valence electrons. The van der Waals surface area contributed by atoms with Crippen LogP contribution in [0, 0.1) is 6.92 Å². The minimum atomic E-state index is 0.692.